The average Bonchev–Trinajstić information content (AvgIpc) is 3.24. The highest BCUT2D eigenvalue weighted by Gasteiger charge is 2.33. The van der Waals surface area contributed by atoms with E-state index in [1.807, 2.05) is 7.05 Å². The van der Waals surface area contributed by atoms with Crippen LogP contribution in [0.25, 0.3) is 0 Å². The highest BCUT2D eigenvalue weighted by Crippen LogP contribution is 2.42. The van der Waals surface area contributed by atoms with Crippen molar-refractivity contribution in [1.82, 2.24) is 10.3 Å². The summed E-state index contributed by atoms with van der Waals surface area (Å²) in [5.41, 5.74) is 5.18. The van der Waals surface area contributed by atoms with E-state index in [1.165, 1.54) is 29.8 Å². The number of nitrogens with zero attached hydrogens (tertiary/aromatic N) is 1. The molecule has 114 valence electrons. The molecule has 2 fully saturated rings. The van der Waals surface area contributed by atoms with Crippen molar-refractivity contribution in [3.8, 4) is 0 Å². The number of pyridine rings is 1. The Bertz CT molecular complexity index is 530. The molecule has 0 radical (unpaired) electrons. The molecule has 0 amide bonds. The van der Waals surface area contributed by atoms with Crippen LogP contribution in [0, 0.1) is 12.8 Å². The second-order valence-corrected chi connectivity index (χ2v) is 6.33. The Balaban J connectivity index is 1.97. The molecule has 0 bridgehead atoms. The third-order valence-electron chi connectivity index (χ3n) is 4.53. The Morgan fingerprint density at radius 1 is 1.43 bits per heavy atom. The van der Waals surface area contributed by atoms with E-state index in [0.29, 0.717) is 17.8 Å². The van der Waals surface area contributed by atoms with Crippen molar-refractivity contribution in [3.63, 3.8) is 0 Å². The van der Waals surface area contributed by atoms with E-state index in [2.05, 4.69) is 37.4 Å². The summed E-state index contributed by atoms with van der Waals surface area (Å²) in [6.45, 7) is 6.05. The van der Waals surface area contributed by atoms with Gasteiger partial charge in [0.15, 0.2) is 0 Å². The molecule has 3 nitrogen and oxygen atoms in total. The molecule has 0 aromatic carbocycles. The van der Waals surface area contributed by atoms with Crippen molar-refractivity contribution >= 4 is 0 Å². The number of hydrogen-bond acceptors (Lipinski definition) is 3. The van der Waals surface area contributed by atoms with Crippen molar-refractivity contribution < 1.29 is 4.74 Å². The summed E-state index contributed by atoms with van der Waals surface area (Å²) >= 11 is 0. The summed E-state index contributed by atoms with van der Waals surface area (Å²) in [6, 6.07) is 4.60. The van der Waals surface area contributed by atoms with E-state index in [0.717, 1.165) is 25.3 Å². The zero-order chi connectivity index (χ0) is 14.8. The number of nitrogens with one attached hydrogen (secondary N) is 1. The molecule has 2 aliphatic rings. The number of allylic oxidation sites excluding steroid dienone is 2. The Hall–Kier alpha value is -1.35. The summed E-state index contributed by atoms with van der Waals surface area (Å²) in [7, 11) is 2.03. The third kappa shape index (κ3) is 3.13. The van der Waals surface area contributed by atoms with Gasteiger partial charge in [0.1, 0.15) is 0 Å². The molecule has 0 spiro atoms. The maximum atomic E-state index is 5.46. The minimum atomic E-state index is 0.419. The van der Waals surface area contributed by atoms with Crippen molar-refractivity contribution in [2.75, 3.05) is 20.3 Å². The molecule has 3 rings (SSSR count). The number of rotatable bonds is 6. The molecule has 1 unspecified atom stereocenters. The van der Waals surface area contributed by atoms with Gasteiger partial charge < -0.3 is 10.1 Å². The molecule has 1 aromatic heterocycles. The Morgan fingerprint density at radius 3 is 2.71 bits per heavy atom. The van der Waals surface area contributed by atoms with Crippen molar-refractivity contribution in [3.05, 3.63) is 40.9 Å². The number of ether oxygens (including phenoxy) is 1. The van der Waals surface area contributed by atoms with Gasteiger partial charge in [-0.2, -0.15) is 0 Å². The van der Waals surface area contributed by atoms with Crippen LogP contribution in [0.15, 0.2) is 23.9 Å². The normalized spacial score (nSPS) is 21.0. The van der Waals surface area contributed by atoms with Crippen LogP contribution in [0.2, 0.25) is 0 Å². The largest absolute Gasteiger partial charge is 0.391 e. The molecule has 1 aliphatic heterocycles. The van der Waals surface area contributed by atoms with E-state index >= 15 is 0 Å². The molecular formula is C18H26N2O. The van der Waals surface area contributed by atoms with Gasteiger partial charge in [-0.3, -0.25) is 4.98 Å². The molecule has 1 N–H and O–H groups in total. The first-order valence-electron chi connectivity index (χ1n) is 8.17. The van der Waals surface area contributed by atoms with Gasteiger partial charge in [-0.15, -0.1) is 0 Å². The van der Waals surface area contributed by atoms with Crippen LogP contribution in [0.3, 0.4) is 0 Å². The van der Waals surface area contributed by atoms with E-state index in [9.17, 15) is 0 Å². The van der Waals surface area contributed by atoms with Crippen LogP contribution < -0.4 is 5.32 Å². The smallest absolute Gasteiger partial charge is 0.0526 e. The fraction of sp³-hybridized carbons (Fsp3) is 0.611. The quantitative estimate of drug-likeness (QED) is 0.869. The molecule has 1 saturated heterocycles. The summed E-state index contributed by atoms with van der Waals surface area (Å²) in [5.74, 6) is 1.71. The lowest BCUT2D eigenvalue weighted by molar-refractivity contribution is -0.0405. The lowest BCUT2D eigenvalue weighted by atomic mass is 9.81. The second kappa shape index (κ2) is 6.18. The van der Waals surface area contributed by atoms with Gasteiger partial charge in [-0.25, -0.2) is 0 Å². The van der Waals surface area contributed by atoms with Gasteiger partial charge in [0.05, 0.1) is 13.2 Å². The molecule has 3 heteroatoms. The van der Waals surface area contributed by atoms with E-state index < -0.39 is 0 Å². The van der Waals surface area contributed by atoms with Gasteiger partial charge in [0, 0.05) is 41.9 Å². The van der Waals surface area contributed by atoms with Gasteiger partial charge >= 0.3 is 0 Å². The number of aryl methyl sites for hydroxylation is 1. The van der Waals surface area contributed by atoms with Crippen LogP contribution in [-0.2, 0) is 4.74 Å². The standard InChI is InChI=1S/C18H26N2O/c1-4-5-16(19-3)18(15-10-21-11-15)14-8-12(2)20-17(9-14)13-6-7-13/h5,8-9,13,15,18-19H,4,6-7,10-11H2,1-3H3/b16-5+. The van der Waals surface area contributed by atoms with Crippen LogP contribution in [0.4, 0.5) is 0 Å². The molecular weight excluding hydrogens is 260 g/mol. The summed E-state index contributed by atoms with van der Waals surface area (Å²) in [6.07, 6.45) is 5.98. The van der Waals surface area contributed by atoms with Crippen LogP contribution in [0.5, 0.6) is 0 Å². The van der Waals surface area contributed by atoms with Crippen molar-refractivity contribution in [2.45, 2.75) is 44.9 Å². The van der Waals surface area contributed by atoms with Crippen molar-refractivity contribution in [2.24, 2.45) is 5.92 Å². The molecule has 1 atom stereocenters. The first-order valence-corrected chi connectivity index (χ1v) is 8.17. The first-order chi connectivity index (χ1) is 10.2. The van der Waals surface area contributed by atoms with Gasteiger partial charge in [0.2, 0.25) is 0 Å². The lowest BCUT2D eigenvalue weighted by Crippen LogP contribution is -2.36. The predicted octanol–water partition coefficient (Wildman–Crippen LogP) is 3.51. The topological polar surface area (TPSA) is 34.2 Å². The van der Waals surface area contributed by atoms with Crippen LogP contribution >= 0.6 is 0 Å². The van der Waals surface area contributed by atoms with Crippen LogP contribution in [0.1, 0.15) is 55.0 Å². The molecule has 2 heterocycles. The van der Waals surface area contributed by atoms with Gasteiger partial charge in [-0.1, -0.05) is 13.0 Å². The highest BCUT2D eigenvalue weighted by molar-refractivity contribution is 5.34. The third-order valence-corrected chi connectivity index (χ3v) is 4.53. The SMILES string of the molecule is CC/C=C(/NC)C(c1cc(C)nc(C2CC2)c1)C1COC1. The monoisotopic (exact) mass is 286 g/mol. The molecule has 1 saturated carbocycles. The molecule has 1 aromatic rings. The predicted molar refractivity (Wildman–Crippen MR) is 85.4 cm³/mol. The maximum absolute atomic E-state index is 5.46. The van der Waals surface area contributed by atoms with Crippen molar-refractivity contribution in [1.29, 1.82) is 0 Å². The summed E-state index contributed by atoms with van der Waals surface area (Å²) < 4.78 is 5.46. The fourth-order valence-electron chi connectivity index (χ4n) is 3.25. The zero-order valence-corrected chi connectivity index (χ0v) is 13.4. The number of hydrogen-bond donors (Lipinski definition) is 1. The molecule has 1 aliphatic carbocycles. The molecule has 21 heavy (non-hydrogen) atoms. The average molecular weight is 286 g/mol. The summed E-state index contributed by atoms with van der Waals surface area (Å²) in [4.78, 5) is 4.74. The highest BCUT2D eigenvalue weighted by atomic mass is 16.5. The maximum Gasteiger partial charge on any atom is 0.0526 e. The lowest BCUT2D eigenvalue weighted by Gasteiger charge is -2.36. The Labute approximate surface area is 127 Å². The van der Waals surface area contributed by atoms with E-state index in [1.54, 1.807) is 0 Å². The minimum absolute atomic E-state index is 0.419. The van der Waals surface area contributed by atoms with E-state index in [-0.39, 0.29) is 0 Å². The number of likely N-dealkylation sites (N-methyl/N-ethyl adjacent to an activating group) is 1. The second-order valence-electron chi connectivity index (χ2n) is 6.33. The van der Waals surface area contributed by atoms with Crippen LogP contribution in [-0.4, -0.2) is 25.2 Å². The Morgan fingerprint density at radius 2 is 2.19 bits per heavy atom. The van der Waals surface area contributed by atoms with Gasteiger partial charge in [-0.05, 0) is 43.9 Å². The summed E-state index contributed by atoms with van der Waals surface area (Å²) in [5, 5.41) is 3.42. The first kappa shape index (κ1) is 14.6. The van der Waals surface area contributed by atoms with Gasteiger partial charge in [0.25, 0.3) is 0 Å². The number of aromatic nitrogens is 1. The zero-order valence-electron chi connectivity index (χ0n) is 13.4. The fourth-order valence-corrected chi connectivity index (χ4v) is 3.25. The van der Waals surface area contributed by atoms with E-state index in [4.69, 9.17) is 9.72 Å². The minimum Gasteiger partial charge on any atom is -0.391 e. The Kier molecular flexibility index (Phi) is 4.29.